The van der Waals surface area contributed by atoms with Gasteiger partial charge in [0, 0.05) is 51.0 Å². The lowest BCUT2D eigenvalue weighted by Gasteiger charge is -2.31. The van der Waals surface area contributed by atoms with Crippen molar-refractivity contribution in [3.8, 4) is 5.75 Å². The molecule has 0 bridgehead atoms. The Morgan fingerprint density at radius 3 is 2.94 bits per heavy atom. The average Bonchev–Trinajstić information content (AvgIpc) is 2.47. The monoisotopic (exact) mass is 248 g/mol. The van der Waals surface area contributed by atoms with Crippen molar-refractivity contribution in [2.45, 2.75) is 12.5 Å². The number of nitrogens with zero attached hydrogens (tertiary/aromatic N) is 1. The first-order chi connectivity index (χ1) is 8.88. The third kappa shape index (κ3) is 2.18. The summed E-state index contributed by atoms with van der Waals surface area (Å²) in [4.78, 5) is 2.41. The molecule has 0 spiro atoms. The summed E-state index contributed by atoms with van der Waals surface area (Å²) in [5.74, 6) is 0.979. The number of hydrogen-bond acceptors (Lipinski definition) is 4. The van der Waals surface area contributed by atoms with Gasteiger partial charge in [0.15, 0.2) is 0 Å². The summed E-state index contributed by atoms with van der Waals surface area (Å²) in [6.07, 6.45) is 1.12. The Morgan fingerprint density at radius 2 is 2.17 bits per heavy atom. The Bertz CT molecular complexity index is 416. The van der Waals surface area contributed by atoms with Crippen LogP contribution in [0.3, 0.4) is 0 Å². The highest BCUT2D eigenvalue weighted by atomic mass is 16.5. The van der Waals surface area contributed by atoms with Crippen molar-refractivity contribution in [1.82, 2.24) is 5.32 Å². The number of ether oxygens (including phenoxy) is 2. The third-order valence-corrected chi connectivity index (χ3v) is 3.74. The van der Waals surface area contributed by atoms with Gasteiger partial charge in [-0.15, -0.1) is 0 Å². The first-order valence-corrected chi connectivity index (χ1v) is 6.63. The number of hydrogen-bond donors (Lipinski definition) is 1. The molecule has 1 fully saturated rings. The molecule has 1 aromatic rings. The topological polar surface area (TPSA) is 33.7 Å². The van der Waals surface area contributed by atoms with E-state index in [9.17, 15) is 0 Å². The van der Waals surface area contributed by atoms with Gasteiger partial charge in [-0.25, -0.2) is 0 Å². The van der Waals surface area contributed by atoms with E-state index < -0.39 is 0 Å². The maximum Gasteiger partial charge on any atom is 0.125 e. The van der Waals surface area contributed by atoms with Gasteiger partial charge in [-0.3, -0.25) is 0 Å². The van der Waals surface area contributed by atoms with Crippen LogP contribution in [0, 0.1) is 0 Å². The second-order valence-electron chi connectivity index (χ2n) is 4.82. The molecule has 2 aliphatic heterocycles. The molecule has 4 heteroatoms. The van der Waals surface area contributed by atoms with Crippen molar-refractivity contribution >= 4 is 5.69 Å². The molecule has 3 rings (SSSR count). The van der Waals surface area contributed by atoms with Crippen molar-refractivity contribution < 1.29 is 9.47 Å². The molecule has 0 radical (unpaired) electrons. The van der Waals surface area contributed by atoms with Gasteiger partial charge in [0.05, 0.1) is 12.7 Å². The van der Waals surface area contributed by atoms with E-state index in [0.717, 1.165) is 45.0 Å². The standard InChI is InChI=1S/C14H20N2O2/c1-17-13-4-9-18-14-3-2-11(10-12(13)14)16-7-5-15-6-8-16/h2-3,10,13,15H,4-9H2,1H3/t13-/m0/s1. The zero-order valence-electron chi connectivity index (χ0n) is 10.8. The van der Waals surface area contributed by atoms with E-state index in [0.29, 0.717) is 0 Å². The molecule has 0 unspecified atom stereocenters. The van der Waals surface area contributed by atoms with Gasteiger partial charge in [0.25, 0.3) is 0 Å². The number of benzene rings is 1. The molecule has 1 N–H and O–H groups in total. The maximum absolute atomic E-state index is 5.69. The van der Waals surface area contributed by atoms with Crippen LogP contribution in [0.4, 0.5) is 5.69 Å². The van der Waals surface area contributed by atoms with Gasteiger partial charge < -0.3 is 19.7 Å². The Balaban J connectivity index is 1.88. The van der Waals surface area contributed by atoms with Crippen molar-refractivity contribution in [2.24, 2.45) is 0 Å². The van der Waals surface area contributed by atoms with E-state index >= 15 is 0 Å². The summed E-state index contributed by atoms with van der Waals surface area (Å²) in [7, 11) is 1.78. The number of fused-ring (bicyclic) bond motifs is 1. The maximum atomic E-state index is 5.69. The number of anilines is 1. The zero-order valence-corrected chi connectivity index (χ0v) is 10.8. The van der Waals surface area contributed by atoms with E-state index in [-0.39, 0.29) is 6.10 Å². The first-order valence-electron chi connectivity index (χ1n) is 6.63. The Kier molecular flexibility index (Phi) is 3.39. The lowest BCUT2D eigenvalue weighted by atomic mass is 10.0. The summed E-state index contributed by atoms with van der Waals surface area (Å²) in [5.41, 5.74) is 2.47. The van der Waals surface area contributed by atoms with Gasteiger partial charge in [-0.1, -0.05) is 0 Å². The first kappa shape index (κ1) is 11.8. The predicted molar refractivity (Wildman–Crippen MR) is 71.4 cm³/mol. The highest BCUT2D eigenvalue weighted by Crippen LogP contribution is 2.36. The fourth-order valence-electron chi connectivity index (χ4n) is 2.71. The molecule has 0 aliphatic carbocycles. The lowest BCUT2D eigenvalue weighted by Crippen LogP contribution is -2.43. The fourth-order valence-corrected chi connectivity index (χ4v) is 2.71. The summed E-state index contributed by atoms with van der Waals surface area (Å²) >= 11 is 0. The van der Waals surface area contributed by atoms with Crippen LogP contribution in [0.25, 0.3) is 0 Å². The van der Waals surface area contributed by atoms with Crippen molar-refractivity contribution in [1.29, 1.82) is 0 Å². The molecule has 1 aromatic carbocycles. The lowest BCUT2D eigenvalue weighted by molar-refractivity contribution is 0.0637. The zero-order chi connectivity index (χ0) is 12.4. The van der Waals surface area contributed by atoms with Gasteiger partial charge in [0.1, 0.15) is 5.75 Å². The van der Waals surface area contributed by atoms with Crippen molar-refractivity contribution in [3.63, 3.8) is 0 Å². The second kappa shape index (κ2) is 5.16. The highest BCUT2D eigenvalue weighted by Gasteiger charge is 2.22. The molecule has 0 saturated carbocycles. The van der Waals surface area contributed by atoms with E-state index in [2.05, 4.69) is 28.4 Å². The number of nitrogens with one attached hydrogen (secondary N) is 1. The summed E-state index contributed by atoms with van der Waals surface area (Å²) < 4.78 is 11.2. The van der Waals surface area contributed by atoms with E-state index in [1.165, 1.54) is 11.3 Å². The number of piperazine rings is 1. The van der Waals surface area contributed by atoms with Gasteiger partial charge >= 0.3 is 0 Å². The van der Waals surface area contributed by atoms with Crippen LogP contribution in [0.5, 0.6) is 5.75 Å². The average molecular weight is 248 g/mol. The summed E-state index contributed by atoms with van der Waals surface area (Å²) in [5, 5.41) is 3.38. The quantitative estimate of drug-likeness (QED) is 0.861. The second-order valence-corrected chi connectivity index (χ2v) is 4.82. The smallest absolute Gasteiger partial charge is 0.125 e. The van der Waals surface area contributed by atoms with Crippen LogP contribution < -0.4 is 15.0 Å². The molecule has 1 saturated heterocycles. The minimum atomic E-state index is 0.177. The summed E-state index contributed by atoms with van der Waals surface area (Å²) in [6, 6.07) is 6.47. The van der Waals surface area contributed by atoms with Crippen LogP contribution in [0.1, 0.15) is 18.1 Å². The highest BCUT2D eigenvalue weighted by molar-refractivity contribution is 5.54. The minimum absolute atomic E-state index is 0.177. The predicted octanol–water partition coefficient (Wildman–Crippen LogP) is 1.57. The van der Waals surface area contributed by atoms with Gasteiger partial charge in [-0.2, -0.15) is 0 Å². The molecule has 4 nitrogen and oxygen atoms in total. The van der Waals surface area contributed by atoms with E-state index in [1.807, 2.05) is 0 Å². The molecule has 0 aromatic heterocycles. The van der Waals surface area contributed by atoms with Crippen LogP contribution in [-0.2, 0) is 4.74 Å². The molecular formula is C14H20N2O2. The van der Waals surface area contributed by atoms with Crippen LogP contribution >= 0.6 is 0 Å². The molecule has 98 valence electrons. The summed E-state index contributed by atoms with van der Waals surface area (Å²) in [6.45, 7) is 5.00. The Morgan fingerprint density at radius 1 is 1.33 bits per heavy atom. The van der Waals surface area contributed by atoms with E-state index in [1.54, 1.807) is 7.11 Å². The Hall–Kier alpha value is -1.26. The van der Waals surface area contributed by atoms with Crippen LogP contribution in [0.15, 0.2) is 18.2 Å². The van der Waals surface area contributed by atoms with Crippen LogP contribution in [-0.4, -0.2) is 39.9 Å². The van der Waals surface area contributed by atoms with Gasteiger partial charge in [0.2, 0.25) is 0 Å². The van der Waals surface area contributed by atoms with E-state index in [4.69, 9.17) is 9.47 Å². The molecule has 2 aliphatic rings. The molecular weight excluding hydrogens is 228 g/mol. The Labute approximate surface area is 108 Å². The van der Waals surface area contributed by atoms with Gasteiger partial charge in [-0.05, 0) is 18.2 Å². The minimum Gasteiger partial charge on any atom is -0.493 e. The number of rotatable bonds is 2. The normalized spacial score (nSPS) is 23.4. The molecule has 18 heavy (non-hydrogen) atoms. The fraction of sp³-hybridized carbons (Fsp3) is 0.571. The molecule has 1 atom stereocenters. The third-order valence-electron chi connectivity index (χ3n) is 3.74. The van der Waals surface area contributed by atoms with Crippen molar-refractivity contribution in [2.75, 3.05) is 44.8 Å². The van der Waals surface area contributed by atoms with Crippen molar-refractivity contribution in [3.05, 3.63) is 23.8 Å². The SMILES string of the molecule is CO[C@H]1CCOc2ccc(N3CCNCC3)cc21. The largest absolute Gasteiger partial charge is 0.493 e. The molecule has 0 amide bonds. The number of methoxy groups -OCH3 is 1. The van der Waals surface area contributed by atoms with Crippen LogP contribution in [0.2, 0.25) is 0 Å². The molecule has 2 heterocycles.